The first-order chi connectivity index (χ1) is 38.9. The second-order valence-corrected chi connectivity index (χ2v) is 21.3. The maximum atomic E-state index is 2.55. The minimum Gasteiger partial charge on any atom is -0.311 e. The lowest BCUT2D eigenvalue weighted by atomic mass is 9.65. The van der Waals surface area contributed by atoms with Crippen LogP contribution in [0.5, 0.6) is 0 Å². The van der Waals surface area contributed by atoms with E-state index in [0.717, 1.165) is 51.2 Å². The van der Waals surface area contributed by atoms with Crippen LogP contribution in [-0.4, -0.2) is 0 Å². The molecule has 12 aromatic rings. The first kappa shape index (κ1) is 47.5. The predicted octanol–water partition coefficient (Wildman–Crippen LogP) is 20.4. The van der Waals surface area contributed by atoms with Gasteiger partial charge in [0.1, 0.15) is 0 Å². The summed E-state index contributed by atoms with van der Waals surface area (Å²) in [4.78, 5) is 7.25. The molecule has 0 unspecified atom stereocenters. The van der Waals surface area contributed by atoms with Gasteiger partial charge in [-0.3, -0.25) is 0 Å². The minimum atomic E-state index is -0.554. The fourth-order valence-electron chi connectivity index (χ4n) is 12.8. The van der Waals surface area contributed by atoms with E-state index in [1.165, 1.54) is 66.8 Å². The van der Waals surface area contributed by atoms with E-state index in [2.05, 4.69) is 338 Å². The smallest absolute Gasteiger partial charge is 0.0713 e. The zero-order valence-electron chi connectivity index (χ0n) is 44.3. The summed E-state index contributed by atoms with van der Waals surface area (Å²) in [6.07, 6.45) is 0. The number of anilines is 9. The van der Waals surface area contributed by atoms with Gasteiger partial charge in [0.2, 0.25) is 0 Å². The molecular formula is C76H57N3. The van der Waals surface area contributed by atoms with Gasteiger partial charge in [-0.05, 0) is 164 Å². The van der Waals surface area contributed by atoms with Gasteiger partial charge < -0.3 is 14.7 Å². The largest absolute Gasteiger partial charge is 0.311 e. The molecular weight excluding hydrogens is 955 g/mol. The lowest BCUT2D eigenvalue weighted by Crippen LogP contribution is -2.33. The van der Waals surface area contributed by atoms with Crippen LogP contribution in [0.25, 0.3) is 33.4 Å². The topological polar surface area (TPSA) is 9.72 Å². The lowest BCUT2D eigenvalue weighted by molar-refractivity contribution is 0.627. The van der Waals surface area contributed by atoms with Gasteiger partial charge in [-0.1, -0.05) is 226 Å². The SMILES string of the molecule is CC1(C)c2cc(N(c3ccc(-c4ccccc4)cc3)c3ccc(-c4ccccc4)cc3)ccc2N(c2ccc(N(c3ccccc3)c3ccccc3)cc2)c2ccc(C3(c4ccccc4)c4ccccc4-c4ccccc43)cc21. The molecule has 0 atom stereocenters. The molecule has 2 aliphatic rings. The van der Waals surface area contributed by atoms with Crippen molar-refractivity contribution in [2.45, 2.75) is 24.7 Å². The summed E-state index contributed by atoms with van der Waals surface area (Å²) in [6.45, 7) is 4.85. The van der Waals surface area contributed by atoms with Crippen LogP contribution in [0.2, 0.25) is 0 Å². The summed E-state index contributed by atoms with van der Waals surface area (Å²) in [5, 5.41) is 0. The van der Waals surface area contributed by atoms with Crippen molar-refractivity contribution in [3.05, 3.63) is 343 Å². The Labute approximate surface area is 464 Å². The van der Waals surface area contributed by atoms with Crippen molar-refractivity contribution in [1.82, 2.24) is 0 Å². The van der Waals surface area contributed by atoms with E-state index >= 15 is 0 Å². The van der Waals surface area contributed by atoms with Crippen LogP contribution in [-0.2, 0) is 10.8 Å². The standard InChI is InChI=1S/C76H57N3/c1-75(2)71-52-59(76(58-26-12-5-13-27-58)69-34-20-18-32-67(69)68-33-19-21-35-70(68)76)40-50-73(71)79(65-47-45-64(46-48-65)77(60-28-14-6-15-29-60)61-30-16-7-17-31-61)74-51-49-66(53-72(74)75)78(62-41-36-56(37-42-62)54-22-8-3-9-23-54)63-43-38-57(39-44-63)55-24-10-4-11-25-55/h3-53H,1-2H3. The van der Waals surface area contributed by atoms with E-state index in [4.69, 9.17) is 0 Å². The van der Waals surface area contributed by atoms with Crippen molar-refractivity contribution < 1.29 is 0 Å². The minimum absolute atomic E-state index is 0.458. The normalized spacial score (nSPS) is 13.4. The number of benzene rings is 12. The van der Waals surface area contributed by atoms with Gasteiger partial charge in [0.15, 0.2) is 0 Å². The van der Waals surface area contributed by atoms with Crippen LogP contribution < -0.4 is 14.7 Å². The molecule has 1 aliphatic heterocycles. The lowest BCUT2D eigenvalue weighted by Gasteiger charge is -2.44. The van der Waals surface area contributed by atoms with Crippen molar-refractivity contribution in [3.63, 3.8) is 0 Å². The molecule has 0 bridgehead atoms. The summed E-state index contributed by atoms with van der Waals surface area (Å²) in [6, 6.07) is 114. The van der Waals surface area contributed by atoms with Crippen molar-refractivity contribution in [2.24, 2.45) is 0 Å². The summed E-state index contributed by atoms with van der Waals surface area (Å²) >= 11 is 0. The molecule has 0 saturated carbocycles. The first-order valence-electron chi connectivity index (χ1n) is 27.4. The van der Waals surface area contributed by atoms with Gasteiger partial charge in [0, 0.05) is 45.2 Å². The molecule has 12 aromatic carbocycles. The second-order valence-electron chi connectivity index (χ2n) is 21.3. The molecule has 0 spiro atoms. The summed E-state index contributed by atoms with van der Waals surface area (Å²) < 4.78 is 0. The Bertz CT molecular complexity index is 3950. The second kappa shape index (κ2) is 19.6. The number of nitrogens with zero attached hydrogens (tertiary/aromatic N) is 3. The average molecular weight is 1010 g/mol. The summed E-state index contributed by atoms with van der Waals surface area (Å²) in [5.74, 6) is 0. The van der Waals surface area contributed by atoms with Crippen LogP contribution in [0.4, 0.5) is 51.2 Å². The van der Waals surface area contributed by atoms with Gasteiger partial charge in [0.05, 0.1) is 16.8 Å². The van der Waals surface area contributed by atoms with Crippen LogP contribution in [0.15, 0.2) is 309 Å². The maximum Gasteiger partial charge on any atom is 0.0713 e. The number of fused-ring (bicyclic) bond motifs is 5. The highest BCUT2D eigenvalue weighted by molar-refractivity contribution is 5.92. The Kier molecular flexibility index (Phi) is 11.8. The molecule has 79 heavy (non-hydrogen) atoms. The molecule has 0 amide bonds. The molecule has 1 aliphatic carbocycles. The quantitative estimate of drug-likeness (QED) is 0.128. The predicted molar refractivity (Wildman–Crippen MR) is 331 cm³/mol. The molecule has 376 valence electrons. The number of hydrogen-bond donors (Lipinski definition) is 0. The fourth-order valence-corrected chi connectivity index (χ4v) is 12.8. The Hall–Kier alpha value is -9.96. The third kappa shape index (κ3) is 8.05. The Morgan fingerprint density at radius 1 is 0.266 bits per heavy atom. The van der Waals surface area contributed by atoms with Gasteiger partial charge in [-0.25, -0.2) is 0 Å². The fraction of sp³-hybridized carbons (Fsp3) is 0.0526. The van der Waals surface area contributed by atoms with Crippen molar-refractivity contribution >= 4 is 51.2 Å². The van der Waals surface area contributed by atoms with E-state index in [0.29, 0.717) is 0 Å². The van der Waals surface area contributed by atoms with Gasteiger partial charge in [0.25, 0.3) is 0 Å². The van der Waals surface area contributed by atoms with Crippen LogP contribution in [0, 0.1) is 0 Å². The van der Waals surface area contributed by atoms with Crippen molar-refractivity contribution in [2.75, 3.05) is 14.7 Å². The van der Waals surface area contributed by atoms with Gasteiger partial charge >= 0.3 is 0 Å². The molecule has 3 nitrogen and oxygen atoms in total. The molecule has 0 aromatic heterocycles. The van der Waals surface area contributed by atoms with E-state index in [1.54, 1.807) is 0 Å². The third-order valence-electron chi connectivity index (χ3n) is 16.5. The summed E-state index contributed by atoms with van der Waals surface area (Å²) in [7, 11) is 0. The van der Waals surface area contributed by atoms with E-state index in [1.807, 2.05) is 0 Å². The Balaban J connectivity index is 0.969. The molecule has 0 radical (unpaired) electrons. The monoisotopic (exact) mass is 1010 g/mol. The Morgan fingerprint density at radius 2 is 0.620 bits per heavy atom. The van der Waals surface area contributed by atoms with Gasteiger partial charge in [-0.2, -0.15) is 0 Å². The molecule has 3 heteroatoms. The Morgan fingerprint density at radius 3 is 1.11 bits per heavy atom. The highest BCUT2D eigenvalue weighted by Crippen LogP contribution is 2.59. The van der Waals surface area contributed by atoms with Crippen LogP contribution in [0.3, 0.4) is 0 Å². The average Bonchev–Trinajstić information content (AvgIpc) is 4.00. The zero-order valence-corrected chi connectivity index (χ0v) is 44.3. The zero-order chi connectivity index (χ0) is 52.9. The van der Waals surface area contributed by atoms with Crippen LogP contribution >= 0.6 is 0 Å². The highest BCUT2D eigenvalue weighted by Gasteiger charge is 2.47. The van der Waals surface area contributed by atoms with E-state index in [9.17, 15) is 0 Å². The summed E-state index contributed by atoms with van der Waals surface area (Å²) in [5.41, 5.74) is 23.9. The van der Waals surface area contributed by atoms with Crippen molar-refractivity contribution in [1.29, 1.82) is 0 Å². The van der Waals surface area contributed by atoms with E-state index < -0.39 is 10.8 Å². The molecule has 0 fully saturated rings. The molecule has 1 heterocycles. The van der Waals surface area contributed by atoms with Crippen LogP contribution in [0.1, 0.15) is 47.2 Å². The molecule has 14 rings (SSSR count). The highest BCUT2D eigenvalue weighted by atomic mass is 15.2. The number of rotatable bonds is 11. The van der Waals surface area contributed by atoms with Gasteiger partial charge in [-0.15, -0.1) is 0 Å². The molecule has 0 saturated heterocycles. The first-order valence-corrected chi connectivity index (χ1v) is 27.4. The number of hydrogen-bond acceptors (Lipinski definition) is 3. The number of para-hydroxylation sites is 2. The third-order valence-corrected chi connectivity index (χ3v) is 16.5. The molecule has 0 N–H and O–H groups in total. The van der Waals surface area contributed by atoms with Crippen molar-refractivity contribution in [3.8, 4) is 33.4 Å². The van der Waals surface area contributed by atoms with E-state index in [-0.39, 0.29) is 0 Å². The maximum absolute atomic E-state index is 2.55.